The van der Waals surface area contributed by atoms with Crippen LogP contribution in [-0.2, 0) is 17.6 Å². The largest absolute Gasteiger partial charge is 0.493 e. The van der Waals surface area contributed by atoms with E-state index in [0.29, 0.717) is 18.6 Å². The van der Waals surface area contributed by atoms with Gasteiger partial charge in [0.05, 0.1) is 13.2 Å². The molecule has 0 bridgehead atoms. The monoisotopic (exact) mass is 300 g/mol. The molecule has 1 aromatic rings. The number of nitrogens with one attached hydrogen (secondary N) is 1. The van der Waals surface area contributed by atoms with E-state index >= 15 is 0 Å². The summed E-state index contributed by atoms with van der Waals surface area (Å²) < 4.78 is 5.56. The van der Waals surface area contributed by atoms with Crippen LogP contribution < -0.4 is 10.1 Å². The zero-order chi connectivity index (χ0) is 14.9. The van der Waals surface area contributed by atoms with Crippen molar-refractivity contribution in [2.45, 2.75) is 50.6 Å². The van der Waals surface area contributed by atoms with Gasteiger partial charge in [0, 0.05) is 25.0 Å². The van der Waals surface area contributed by atoms with Crippen LogP contribution in [0.15, 0.2) is 18.2 Å². The van der Waals surface area contributed by atoms with Crippen LogP contribution in [0.25, 0.3) is 0 Å². The van der Waals surface area contributed by atoms with Gasteiger partial charge in [-0.15, -0.1) is 0 Å². The fourth-order valence-electron chi connectivity index (χ4n) is 3.18. The third-order valence-corrected chi connectivity index (χ3v) is 4.79. The normalized spacial score (nSPS) is 19.9. The van der Waals surface area contributed by atoms with Crippen LogP contribution in [0.3, 0.4) is 0 Å². The molecule has 3 aliphatic rings. The van der Waals surface area contributed by atoms with E-state index in [1.807, 2.05) is 0 Å². The first kappa shape index (κ1) is 14.1. The fraction of sp³-hybridized carbons (Fsp3) is 0.611. The van der Waals surface area contributed by atoms with Gasteiger partial charge in [-0.3, -0.25) is 9.69 Å². The van der Waals surface area contributed by atoms with Crippen LogP contribution in [0.1, 0.15) is 36.8 Å². The molecule has 4 nitrogen and oxygen atoms in total. The molecule has 1 heterocycles. The number of rotatable bonds is 7. The Balaban J connectivity index is 1.32. The molecule has 4 rings (SSSR count). The molecule has 118 valence electrons. The molecule has 1 N–H and O–H groups in total. The second-order valence-electron chi connectivity index (χ2n) is 6.83. The minimum atomic E-state index is 0.205. The minimum absolute atomic E-state index is 0.205. The summed E-state index contributed by atoms with van der Waals surface area (Å²) in [5, 5.41) is 3.10. The first-order chi connectivity index (χ1) is 10.8. The third-order valence-electron chi connectivity index (χ3n) is 4.79. The predicted octanol–water partition coefficient (Wildman–Crippen LogP) is 1.91. The Hall–Kier alpha value is -1.55. The van der Waals surface area contributed by atoms with E-state index in [1.165, 1.54) is 24.0 Å². The van der Waals surface area contributed by atoms with E-state index in [9.17, 15) is 4.79 Å². The highest BCUT2D eigenvalue weighted by atomic mass is 16.5. The molecular weight excluding hydrogens is 276 g/mol. The Morgan fingerprint density at radius 2 is 2.14 bits per heavy atom. The number of benzene rings is 1. The quantitative estimate of drug-likeness (QED) is 0.836. The van der Waals surface area contributed by atoms with Crippen molar-refractivity contribution in [2.24, 2.45) is 0 Å². The second kappa shape index (κ2) is 5.92. The zero-order valence-corrected chi connectivity index (χ0v) is 13.0. The lowest BCUT2D eigenvalue weighted by molar-refractivity contribution is -0.122. The molecule has 2 saturated carbocycles. The van der Waals surface area contributed by atoms with Crippen molar-refractivity contribution in [3.63, 3.8) is 0 Å². The van der Waals surface area contributed by atoms with E-state index < -0.39 is 0 Å². The molecule has 0 spiro atoms. The van der Waals surface area contributed by atoms with E-state index in [2.05, 4.69) is 28.4 Å². The van der Waals surface area contributed by atoms with Crippen molar-refractivity contribution >= 4 is 5.91 Å². The highest BCUT2D eigenvalue weighted by Gasteiger charge is 2.31. The number of ether oxygens (including phenoxy) is 1. The molecule has 22 heavy (non-hydrogen) atoms. The van der Waals surface area contributed by atoms with Crippen molar-refractivity contribution in [3.05, 3.63) is 29.3 Å². The summed E-state index contributed by atoms with van der Waals surface area (Å²) in [6, 6.07) is 7.63. The SMILES string of the molecule is O=C(CN(CCc1ccc2c(c1)CCO2)C1CC1)NC1CC1. The molecular formula is C18H24N2O2. The van der Waals surface area contributed by atoms with E-state index in [0.717, 1.165) is 44.6 Å². The second-order valence-corrected chi connectivity index (χ2v) is 6.83. The van der Waals surface area contributed by atoms with Crippen molar-refractivity contribution in [2.75, 3.05) is 19.7 Å². The number of hydrogen-bond acceptors (Lipinski definition) is 3. The minimum Gasteiger partial charge on any atom is -0.493 e. The lowest BCUT2D eigenvalue weighted by atomic mass is 10.1. The Morgan fingerprint density at radius 3 is 2.91 bits per heavy atom. The highest BCUT2D eigenvalue weighted by Crippen LogP contribution is 2.28. The lowest BCUT2D eigenvalue weighted by Gasteiger charge is -2.21. The van der Waals surface area contributed by atoms with Gasteiger partial charge < -0.3 is 10.1 Å². The summed E-state index contributed by atoms with van der Waals surface area (Å²) in [4.78, 5) is 14.4. The summed E-state index contributed by atoms with van der Waals surface area (Å²) in [6.45, 7) is 2.35. The predicted molar refractivity (Wildman–Crippen MR) is 85.1 cm³/mol. The van der Waals surface area contributed by atoms with Gasteiger partial charge in [-0.25, -0.2) is 0 Å². The first-order valence-electron chi connectivity index (χ1n) is 8.56. The maximum absolute atomic E-state index is 12.0. The van der Waals surface area contributed by atoms with Gasteiger partial charge in [-0.1, -0.05) is 12.1 Å². The zero-order valence-electron chi connectivity index (χ0n) is 13.0. The van der Waals surface area contributed by atoms with Gasteiger partial charge in [0.1, 0.15) is 5.75 Å². The topological polar surface area (TPSA) is 41.6 Å². The van der Waals surface area contributed by atoms with Crippen molar-refractivity contribution in [1.82, 2.24) is 10.2 Å². The van der Waals surface area contributed by atoms with Crippen LogP contribution in [0.5, 0.6) is 5.75 Å². The lowest BCUT2D eigenvalue weighted by Crippen LogP contribution is -2.40. The average molecular weight is 300 g/mol. The molecule has 1 amide bonds. The van der Waals surface area contributed by atoms with Crippen LogP contribution in [0.4, 0.5) is 0 Å². The highest BCUT2D eigenvalue weighted by molar-refractivity contribution is 5.78. The van der Waals surface area contributed by atoms with Crippen molar-refractivity contribution in [1.29, 1.82) is 0 Å². The maximum atomic E-state index is 12.0. The molecule has 2 fully saturated rings. The van der Waals surface area contributed by atoms with Crippen LogP contribution >= 0.6 is 0 Å². The van der Waals surface area contributed by atoms with Gasteiger partial charge in [-0.2, -0.15) is 0 Å². The van der Waals surface area contributed by atoms with E-state index in [-0.39, 0.29) is 5.91 Å². The van der Waals surface area contributed by atoms with E-state index in [1.54, 1.807) is 0 Å². The summed E-state index contributed by atoms with van der Waals surface area (Å²) >= 11 is 0. The number of carbonyl (C=O) groups excluding carboxylic acids is 1. The third kappa shape index (κ3) is 3.43. The Morgan fingerprint density at radius 1 is 1.27 bits per heavy atom. The number of nitrogens with zero attached hydrogens (tertiary/aromatic N) is 1. The number of hydrogen-bond donors (Lipinski definition) is 1. The molecule has 0 saturated heterocycles. The Bertz CT molecular complexity index is 564. The molecule has 0 atom stereocenters. The molecule has 0 unspecified atom stereocenters. The van der Waals surface area contributed by atoms with Gasteiger partial charge >= 0.3 is 0 Å². The molecule has 0 aromatic heterocycles. The number of fused-ring (bicyclic) bond motifs is 1. The maximum Gasteiger partial charge on any atom is 0.234 e. The van der Waals surface area contributed by atoms with Crippen LogP contribution in [0.2, 0.25) is 0 Å². The fourth-order valence-corrected chi connectivity index (χ4v) is 3.18. The Kier molecular flexibility index (Phi) is 3.78. The summed E-state index contributed by atoms with van der Waals surface area (Å²) in [6.07, 6.45) is 6.85. The molecule has 1 aliphatic heterocycles. The van der Waals surface area contributed by atoms with Crippen molar-refractivity contribution < 1.29 is 9.53 Å². The summed E-state index contributed by atoms with van der Waals surface area (Å²) in [7, 11) is 0. The van der Waals surface area contributed by atoms with Gasteiger partial charge in [0.2, 0.25) is 5.91 Å². The first-order valence-corrected chi connectivity index (χ1v) is 8.56. The smallest absolute Gasteiger partial charge is 0.234 e. The van der Waals surface area contributed by atoms with Crippen LogP contribution in [-0.4, -0.2) is 42.6 Å². The number of carbonyl (C=O) groups is 1. The van der Waals surface area contributed by atoms with Gasteiger partial charge in [-0.05, 0) is 49.3 Å². The standard InChI is InChI=1S/C18H24N2O2/c21-18(19-15-2-3-15)12-20(16-4-5-16)9-7-13-1-6-17-14(11-13)8-10-22-17/h1,6,11,15-16H,2-5,7-10,12H2,(H,19,21). The number of amides is 1. The van der Waals surface area contributed by atoms with Crippen LogP contribution in [0, 0.1) is 0 Å². The summed E-state index contributed by atoms with van der Waals surface area (Å²) in [5.41, 5.74) is 2.69. The van der Waals surface area contributed by atoms with Gasteiger partial charge in [0.25, 0.3) is 0 Å². The van der Waals surface area contributed by atoms with Crippen molar-refractivity contribution in [3.8, 4) is 5.75 Å². The van der Waals surface area contributed by atoms with Gasteiger partial charge in [0.15, 0.2) is 0 Å². The van der Waals surface area contributed by atoms with E-state index in [4.69, 9.17) is 4.74 Å². The molecule has 1 aromatic carbocycles. The molecule has 0 radical (unpaired) electrons. The summed E-state index contributed by atoms with van der Waals surface area (Å²) in [5.74, 6) is 1.25. The molecule has 4 heteroatoms. The molecule has 2 aliphatic carbocycles. The Labute approximate surface area is 131 Å². The average Bonchev–Trinajstić information content (AvgIpc) is 3.43.